The lowest BCUT2D eigenvalue weighted by molar-refractivity contribution is -0.132. The van der Waals surface area contributed by atoms with Crippen molar-refractivity contribution in [3.8, 4) is 0 Å². The lowest BCUT2D eigenvalue weighted by Gasteiger charge is -2.22. The van der Waals surface area contributed by atoms with Crippen LogP contribution in [0.25, 0.3) is 0 Å². The summed E-state index contributed by atoms with van der Waals surface area (Å²) in [5.41, 5.74) is -0.776. The molecule has 2 aliphatic heterocycles. The van der Waals surface area contributed by atoms with Crippen LogP contribution in [0.2, 0.25) is 0 Å². The van der Waals surface area contributed by atoms with Crippen LogP contribution in [0, 0.1) is 0 Å². The van der Waals surface area contributed by atoms with Crippen LogP contribution < -0.4 is 5.32 Å². The van der Waals surface area contributed by atoms with Gasteiger partial charge in [0.15, 0.2) is 0 Å². The van der Waals surface area contributed by atoms with Crippen LogP contribution in [0.5, 0.6) is 0 Å². The van der Waals surface area contributed by atoms with Gasteiger partial charge in [-0.05, 0) is 20.3 Å². The molecule has 0 unspecified atom stereocenters. The van der Waals surface area contributed by atoms with Gasteiger partial charge in [-0.3, -0.25) is 14.6 Å². The molecule has 3 rings (SSSR count). The fourth-order valence-corrected chi connectivity index (χ4v) is 3.19. The van der Waals surface area contributed by atoms with Crippen LogP contribution in [0.1, 0.15) is 38.8 Å². The number of nitrogens with one attached hydrogen (secondary N) is 1. The molecule has 7 nitrogen and oxygen atoms in total. The standard InChI is InChI=1S/C15H22N4O3/c1-4-11-7-16-12(22-11)8-18-6-5-15(9-18)13(20)19(10(2)3)14(21)17-15/h7,10H,4-6,8-9H2,1-3H3,(H,17,21)/t15-/m1/s1. The van der Waals surface area contributed by atoms with Crippen molar-refractivity contribution in [2.45, 2.75) is 51.7 Å². The molecule has 1 atom stereocenters. The normalized spacial score (nSPS) is 25.7. The van der Waals surface area contributed by atoms with Gasteiger partial charge in [0.25, 0.3) is 5.91 Å². The number of likely N-dealkylation sites (tertiary alicyclic amines) is 1. The molecule has 22 heavy (non-hydrogen) atoms. The molecule has 7 heteroatoms. The molecule has 3 heterocycles. The van der Waals surface area contributed by atoms with Crippen molar-refractivity contribution >= 4 is 11.9 Å². The first-order valence-corrected chi connectivity index (χ1v) is 7.77. The van der Waals surface area contributed by atoms with Gasteiger partial charge in [-0.1, -0.05) is 6.92 Å². The second-order valence-corrected chi connectivity index (χ2v) is 6.32. The second kappa shape index (κ2) is 5.39. The molecule has 1 spiro atoms. The Hall–Kier alpha value is -1.89. The minimum atomic E-state index is -0.776. The third-order valence-corrected chi connectivity index (χ3v) is 4.37. The summed E-state index contributed by atoms with van der Waals surface area (Å²) < 4.78 is 5.62. The number of imide groups is 1. The molecule has 2 fully saturated rings. The van der Waals surface area contributed by atoms with Crippen molar-refractivity contribution in [1.29, 1.82) is 0 Å². The van der Waals surface area contributed by atoms with E-state index < -0.39 is 5.54 Å². The Balaban J connectivity index is 1.69. The quantitative estimate of drug-likeness (QED) is 0.844. The maximum absolute atomic E-state index is 12.6. The highest BCUT2D eigenvalue weighted by molar-refractivity contribution is 6.07. The molecule has 0 radical (unpaired) electrons. The van der Waals surface area contributed by atoms with Gasteiger partial charge in [-0.15, -0.1) is 0 Å². The first-order valence-electron chi connectivity index (χ1n) is 7.77. The van der Waals surface area contributed by atoms with Gasteiger partial charge in [-0.25, -0.2) is 9.78 Å². The fraction of sp³-hybridized carbons (Fsp3) is 0.667. The summed E-state index contributed by atoms with van der Waals surface area (Å²) in [6, 6.07) is -0.411. The Kier molecular flexibility index (Phi) is 3.68. The maximum atomic E-state index is 12.6. The number of hydrogen-bond acceptors (Lipinski definition) is 5. The zero-order valence-corrected chi connectivity index (χ0v) is 13.3. The van der Waals surface area contributed by atoms with Crippen molar-refractivity contribution in [3.05, 3.63) is 17.8 Å². The van der Waals surface area contributed by atoms with E-state index in [2.05, 4.69) is 15.2 Å². The third kappa shape index (κ3) is 2.39. The number of nitrogens with zero attached hydrogens (tertiary/aromatic N) is 3. The Labute approximate surface area is 129 Å². The Morgan fingerprint density at radius 3 is 2.82 bits per heavy atom. The monoisotopic (exact) mass is 306 g/mol. The average Bonchev–Trinajstić information content (AvgIpc) is 3.12. The number of aryl methyl sites for hydroxylation is 1. The topological polar surface area (TPSA) is 78.7 Å². The number of aromatic nitrogens is 1. The largest absolute Gasteiger partial charge is 0.444 e. The highest BCUT2D eigenvalue weighted by Crippen LogP contribution is 2.30. The van der Waals surface area contributed by atoms with Gasteiger partial charge >= 0.3 is 6.03 Å². The van der Waals surface area contributed by atoms with E-state index in [9.17, 15) is 9.59 Å². The molecule has 2 aliphatic rings. The van der Waals surface area contributed by atoms with Gasteiger partial charge in [0.1, 0.15) is 11.3 Å². The molecule has 1 N–H and O–H groups in total. The van der Waals surface area contributed by atoms with Gasteiger partial charge in [-0.2, -0.15) is 0 Å². The molecule has 0 saturated carbocycles. The number of carbonyl (C=O) groups excluding carboxylic acids is 2. The van der Waals surface area contributed by atoms with Crippen molar-refractivity contribution in [2.24, 2.45) is 0 Å². The Bertz CT molecular complexity index is 597. The number of amides is 3. The highest BCUT2D eigenvalue weighted by Gasteiger charge is 2.55. The fourth-order valence-electron chi connectivity index (χ4n) is 3.19. The summed E-state index contributed by atoms with van der Waals surface area (Å²) in [6.07, 6.45) is 3.18. The van der Waals surface area contributed by atoms with E-state index in [4.69, 9.17) is 4.42 Å². The van der Waals surface area contributed by atoms with Gasteiger partial charge in [0, 0.05) is 25.6 Å². The first-order chi connectivity index (χ1) is 10.4. The number of oxazole rings is 1. The van der Waals surface area contributed by atoms with E-state index in [-0.39, 0.29) is 18.0 Å². The van der Waals surface area contributed by atoms with Crippen LogP contribution in [0.3, 0.4) is 0 Å². The molecule has 1 aromatic rings. The summed E-state index contributed by atoms with van der Waals surface area (Å²) in [7, 11) is 0. The first kappa shape index (κ1) is 15.0. The molecule has 1 aromatic heterocycles. The van der Waals surface area contributed by atoms with E-state index in [0.29, 0.717) is 25.4 Å². The molecule has 3 amide bonds. The second-order valence-electron chi connectivity index (χ2n) is 6.32. The molecule has 2 saturated heterocycles. The SMILES string of the molecule is CCc1cnc(CN2CC[C@]3(C2)NC(=O)N(C(C)C)C3=O)o1. The minimum Gasteiger partial charge on any atom is -0.444 e. The highest BCUT2D eigenvalue weighted by atomic mass is 16.4. The zero-order chi connectivity index (χ0) is 15.9. The lowest BCUT2D eigenvalue weighted by atomic mass is 9.99. The van der Waals surface area contributed by atoms with Crippen LogP contribution in [0.4, 0.5) is 4.79 Å². The summed E-state index contributed by atoms with van der Waals surface area (Å²) in [4.78, 5) is 32.3. The van der Waals surface area contributed by atoms with E-state index in [1.807, 2.05) is 20.8 Å². The molecule has 120 valence electrons. The van der Waals surface area contributed by atoms with Crippen LogP contribution >= 0.6 is 0 Å². The van der Waals surface area contributed by atoms with Gasteiger partial charge in [0.2, 0.25) is 5.89 Å². The van der Waals surface area contributed by atoms with Crippen molar-refractivity contribution in [3.63, 3.8) is 0 Å². The van der Waals surface area contributed by atoms with Gasteiger partial charge in [0.05, 0.1) is 12.7 Å². The predicted molar refractivity (Wildman–Crippen MR) is 79.0 cm³/mol. The number of rotatable bonds is 4. The minimum absolute atomic E-state index is 0.114. The van der Waals surface area contributed by atoms with Crippen LogP contribution in [0.15, 0.2) is 10.6 Å². The summed E-state index contributed by atoms with van der Waals surface area (Å²) in [5.74, 6) is 1.41. The van der Waals surface area contributed by atoms with Crippen molar-refractivity contribution in [2.75, 3.05) is 13.1 Å². The molecule has 0 bridgehead atoms. The van der Waals surface area contributed by atoms with E-state index >= 15 is 0 Å². The van der Waals surface area contributed by atoms with E-state index in [0.717, 1.165) is 18.7 Å². The zero-order valence-electron chi connectivity index (χ0n) is 13.3. The van der Waals surface area contributed by atoms with Crippen LogP contribution in [-0.4, -0.2) is 51.4 Å². The number of urea groups is 1. The molecule has 0 aromatic carbocycles. The number of hydrogen-bond donors (Lipinski definition) is 1. The molecule has 0 aliphatic carbocycles. The van der Waals surface area contributed by atoms with Crippen LogP contribution in [-0.2, 0) is 17.8 Å². The van der Waals surface area contributed by atoms with E-state index in [1.165, 1.54) is 4.90 Å². The maximum Gasteiger partial charge on any atom is 0.325 e. The van der Waals surface area contributed by atoms with Gasteiger partial charge < -0.3 is 9.73 Å². The summed E-state index contributed by atoms with van der Waals surface area (Å²) >= 11 is 0. The predicted octanol–water partition coefficient (Wildman–Crippen LogP) is 1.14. The summed E-state index contributed by atoms with van der Waals surface area (Å²) in [6.45, 7) is 7.52. The van der Waals surface area contributed by atoms with Crippen molar-refractivity contribution in [1.82, 2.24) is 20.1 Å². The van der Waals surface area contributed by atoms with Crippen molar-refractivity contribution < 1.29 is 14.0 Å². The molecular formula is C15H22N4O3. The van der Waals surface area contributed by atoms with E-state index in [1.54, 1.807) is 6.20 Å². The molecular weight excluding hydrogens is 284 g/mol. The number of carbonyl (C=O) groups is 2. The summed E-state index contributed by atoms with van der Waals surface area (Å²) in [5, 5.41) is 2.89. The third-order valence-electron chi connectivity index (χ3n) is 4.37. The lowest BCUT2D eigenvalue weighted by Crippen LogP contribution is -2.49. The Morgan fingerprint density at radius 1 is 1.45 bits per heavy atom. The smallest absolute Gasteiger partial charge is 0.325 e. The average molecular weight is 306 g/mol. The Morgan fingerprint density at radius 2 is 2.23 bits per heavy atom.